The van der Waals surface area contributed by atoms with Crippen LogP contribution in [-0.4, -0.2) is 25.5 Å². The van der Waals surface area contributed by atoms with Crippen molar-refractivity contribution >= 4 is 51.8 Å². The standard InChI is InChI=1S/C12H11ClINO3/c1-18-12(17)7-4-11(16)15(6-7)10-5-8(13)2-3-9(10)14/h2-3,5,7H,4,6H2,1H3. The molecule has 1 amide bonds. The SMILES string of the molecule is COC(=O)C1CC(=O)N(c2cc(Cl)ccc2I)C1. The first-order chi connectivity index (χ1) is 8.52. The highest BCUT2D eigenvalue weighted by Crippen LogP contribution is 2.31. The van der Waals surface area contributed by atoms with Crippen LogP contribution >= 0.6 is 34.2 Å². The van der Waals surface area contributed by atoms with Crippen LogP contribution in [0.15, 0.2) is 18.2 Å². The number of methoxy groups -OCH3 is 1. The van der Waals surface area contributed by atoms with Gasteiger partial charge in [0.15, 0.2) is 0 Å². The van der Waals surface area contributed by atoms with Crippen LogP contribution in [0.25, 0.3) is 0 Å². The lowest BCUT2D eigenvalue weighted by molar-refractivity contribution is -0.145. The third-order valence-corrected chi connectivity index (χ3v) is 4.01. The molecule has 1 unspecified atom stereocenters. The fourth-order valence-corrected chi connectivity index (χ4v) is 2.75. The number of carbonyl (C=O) groups excluding carboxylic acids is 2. The normalized spacial score (nSPS) is 19.2. The number of rotatable bonds is 2. The van der Waals surface area contributed by atoms with Crippen LogP contribution in [0, 0.1) is 9.49 Å². The van der Waals surface area contributed by atoms with E-state index in [1.807, 2.05) is 6.07 Å². The van der Waals surface area contributed by atoms with Crippen molar-refractivity contribution in [3.05, 3.63) is 26.8 Å². The van der Waals surface area contributed by atoms with E-state index in [1.165, 1.54) is 7.11 Å². The molecule has 1 aromatic carbocycles. The molecule has 96 valence electrons. The fraction of sp³-hybridized carbons (Fsp3) is 0.333. The molecule has 0 aliphatic carbocycles. The van der Waals surface area contributed by atoms with Crippen molar-refractivity contribution in [2.75, 3.05) is 18.6 Å². The second-order valence-corrected chi connectivity index (χ2v) is 5.62. The summed E-state index contributed by atoms with van der Waals surface area (Å²) in [6.07, 6.45) is 0.190. The predicted molar refractivity (Wildman–Crippen MR) is 76.6 cm³/mol. The Morgan fingerprint density at radius 3 is 2.94 bits per heavy atom. The first-order valence-corrected chi connectivity index (χ1v) is 6.82. The summed E-state index contributed by atoms with van der Waals surface area (Å²) in [5.74, 6) is -0.814. The third kappa shape index (κ3) is 2.61. The average molecular weight is 380 g/mol. The number of ether oxygens (including phenoxy) is 1. The number of nitrogens with zero attached hydrogens (tertiary/aromatic N) is 1. The molecule has 1 atom stereocenters. The Morgan fingerprint density at radius 2 is 2.28 bits per heavy atom. The summed E-state index contributed by atoms with van der Waals surface area (Å²) in [7, 11) is 1.33. The first-order valence-electron chi connectivity index (χ1n) is 5.36. The number of hydrogen-bond donors (Lipinski definition) is 0. The van der Waals surface area contributed by atoms with Crippen molar-refractivity contribution < 1.29 is 14.3 Å². The van der Waals surface area contributed by atoms with Gasteiger partial charge in [-0.15, -0.1) is 0 Å². The Bertz CT molecular complexity index is 506. The van der Waals surface area contributed by atoms with Crippen LogP contribution in [0.4, 0.5) is 5.69 Å². The fourth-order valence-electron chi connectivity index (χ4n) is 1.96. The summed E-state index contributed by atoms with van der Waals surface area (Å²) in [5.41, 5.74) is 0.750. The lowest BCUT2D eigenvalue weighted by Crippen LogP contribution is -2.26. The smallest absolute Gasteiger partial charge is 0.311 e. The van der Waals surface area contributed by atoms with Crippen LogP contribution in [-0.2, 0) is 14.3 Å². The Labute approximate surface area is 123 Å². The van der Waals surface area contributed by atoms with Gasteiger partial charge >= 0.3 is 5.97 Å². The minimum Gasteiger partial charge on any atom is -0.469 e. The van der Waals surface area contributed by atoms with Gasteiger partial charge in [0.25, 0.3) is 0 Å². The van der Waals surface area contributed by atoms with Gasteiger partial charge in [0, 0.05) is 21.6 Å². The molecule has 4 nitrogen and oxygen atoms in total. The van der Waals surface area contributed by atoms with Crippen molar-refractivity contribution in [3.63, 3.8) is 0 Å². The summed E-state index contributed by atoms with van der Waals surface area (Å²) in [4.78, 5) is 25.0. The van der Waals surface area contributed by atoms with Gasteiger partial charge in [0.2, 0.25) is 5.91 Å². The van der Waals surface area contributed by atoms with Crippen molar-refractivity contribution in [2.45, 2.75) is 6.42 Å². The topological polar surface area (TPSA) is 46.6 Å². The van der Waals surface area contributed by atoms with E-state index in [9.17, 15) is 9.59 Å². The maximum Gasteiger partial charge on any atom is 0.311 e. The van der Waals surface area contributed by atoms with Crippen LogP contribution in [0.3, 0.4) is 0 Å². The molecule has 6 heteroatoms. The van der Waals surface area contributed by atoms with Gasteiger partial charge in [-0.3, -0.25) is 9.59 Å². The van der Waals surface area contributed by atoms with Crippen LogP contribution in [0.5, 0.6) is 0 Å². The molecule has 0 aromatic heterocycles. The van der Waals surface area contributed by atoms with Crippen LogP contribution < -0.4 is 4.90 Å². The summed E-state index contributed by atoms with van der Waals surface area (Å²) in [6, 6.07) is 5.35. The number of halogens is 2. The molecule has 1 heterocycles. The second kappa shape index (κ2) is 5.44. The van der Waals surface area contributed by atoms with Gasteiger partial charge in [-0.25, -0.2) is 0 Å². The largest absolute Gasteiger partial charge is 0.469 e. The zero-order chi connectivity index (χ0) is 13.3. The van der Waals surface area contributed by atoms with Crippen molar-refractivity contribution in [2.24, 2.45) is 5.92 Å². The maximum absolute atomic E-state index is 11.9. The Kier molecular flexibility index (Phi) is 4.11. The van der Waals surface area contributed by atoms with Crippen molar-refractivity contribution in [1.29, 1.82) is 0 Å². The molecular formula is C12H11ClINO3. The van der Waals surface area contributed by atoms with Crippen LogP contribution in [0.2, 0.25) is 5.02 Å². The van der Waals surface area contributed by atoms with E-state index >= 15 is 0 Å². The lowest BCUT2D eigenvalue weighted by Gasteiger charge is -2.18. The highest BCUT2D eigenvalue weighted by Gasteiger charge is 2.36. The van der Waals surface area contributed by atoms with Gasteiger partial charge in [-0.2, -0.15) is 0 Å². The summed E-state index contributed by atoms with van der Waals surface area (Å²) >= 11 is 8.08. The quantitative estimate of drug-likeness (QED) is 0.586. The average Bonchev–Trinajstić information content (AvgIpc) is 2.73. The Balaban J connectivity index is 2.27. The highest BCUT2D eigenvalue weighted by molar-refractivity contribution is 14.1. The highest BCUT2D eigenvalue weighted by atomic mass is 127. The zero-order valence-corrected chi connectivity index (χ0v) is 12.6. The van der Waals surface area contributed by atoms with Gasteiger partial charge in [0.05, 0.1) is 18.7 Å². The van der Waals surface area contributed by atoms with E-state index in [4.69, 9.17) is 11.6 Å². The Hall–Kier alpha value is -0.820. The molecule has 1 saturated heterocycles. The molecule has 1 aliphatic heterocycles. The number of amides is 1. The van der Waals surface area contributed by atoms with E-state index in [0.29, 0.717) is 11.6 Å². The van der Waals surface area contributed by atoms with Crippen molar-refractivity contribution in [1.82, 2.24) is 0 Å². The molecular weight excluding hydrogens is 368 g/mol. The summed E-state index contributed by atoms with van der Waals surface area (Å²) in [5, 5.41) is 0.569. The van der Waals surface area contributed by atoms with Crippen LogP contribution in [0.1, 0.15) is 6.42 Å². The molecule has 18 heavy (non-hydrogen) atoms. The van der Waals surface area contributed by atoms with E-state index in [2.05, 4.69) is 27.3 Å². The van der Waals surface area contributed by atoms with E-state index < -0.39 is 5.92 Å². The molecule has 0 N–H and O–H groups in total. The molecule has 0 bridgehead atoms. The first kappa shape index (κ1) is 13.6. The molecule has 0 saturated carbocycles. The predicted octanol–water partition coefficient (Wildman–Crippen LogP) is 2.47. The molecule has 1 fully saturated rings. The molecule has 1 aromatic rings. The molecule has 1 aliphatic rings. The minimum absolute atomic E-state index is 0.0782. The van der Waals surface area contributed by atoms with E-state index in [-0.39, 0.29) is 18.3 Å². The maximum atomic E-state index is 11.9. The molecule has 0 spiro atoms. The van der Waals surface area contributed by atoms with E-state index in [0.717, 1.165) is 9.26 Å². The molecule has 2 rings (SSSR count). The third-order valence-electron chi connectivity index (χ3n) is 2.86. The van der Waals surface area contributed by atoms with E-state index in [1.54, 1.807) is 17.0 Å². The summed E-state index contributed by atoms with van der Waals surface area (Å²) in [6.45, 7) is 0.349. The number of hydrogen-bond acceptors (Lipinski definition) is 3. The van der Waals surface area contributed by atoms with Gasteiger partial charge in [0.1, 0.15) is 0 Å². The van der Waals surface area contributed by atoms with Gasteiger partial charge in [-0.05, 0) is 40.8 Å². The number of anilines is 1. The van der Waals surface area contributed by atoms with Crippen molar-refractivity contribution in [3.8, 4) is 0 Å². The minimum atomic E-state index is -0.391. The zero-order valence-electron chi connectivity index (χ0n) is 9.65. The number of esters is 1. The number of benzene rings is 1. The number of carbonyl (C=O) groups is 2. The summed E-state index contributed by atoms with van der Waals surface area (Å²) < 4.78 is 5.60. The van der Waals surface area contributed by atoms with Gasteiger partial charge in [-0.1, -0.05) is 11.6 Å². The second-order valence-electron chi connectivity index (χ2n) is 4.02. The lowest BCUT2D eigenvalue weighted by atomic mass is 10.1. The Morgan fingerprint density at radius 1 is 1.56 bits per heavy atom. The monoisotopic (exact) mass is 379 g/mol. The molecule has 0 radical (unpaired) electrons. The van der Waals surface area contributed by atoms with Gasteiger partial charge < -0.3 is 9.64 Å².